The summed E-state index contributed by atoms with van der Waals surface area (Å²) in [4.78, 5) is 15.0. The molecule has 2 atom stereocenters. The molecule has 8 heteroatoms. The molecular weight excluding hydrogens is 275 g/mol. The molecule has 1 aliphatic rings. The molecule has 1 aliphatic heterocycles. The third-order valence-corrected chi connectivity index (χ3v) is 4.38. The maximum atomic E-state index is 12.0. The standard InChI is InChI=1S/C9H14F3NO2S2/c1-16-5-6-3-13(4-7(6)17-2)15-8(14)9(10,11)12/h6-7H,3-5H2,1-2H3. The van der Waals surface area contributed by atoms with E-state index in [4.69, 9.17) is 0 Å². The first kappa shape index (κ1) is 15.0. The molecule has 1 saturated heterocycles. The van der Waals surface area contributed by atoms with Crippen LogP contribution in [0.3, 0.4) is 0 Å². The number of nitrogens with zero attached hydrogens (tertiary/aromatic N) is 1. The molecule has 0 aliphatic carbocycles. The highest BCUT2D eigenvalue weighted by Gasteiger charge is 2.44. The lowest BCUT2D eigenvalue weighted by atomic mass is 10.1. The highest BCUT2D eigenvalue weighted by atomic mass is 32.2. The number of hydroxylamine groups is 2. The molecule has 0 aromatic carbocycles. The molecule has 3 nitrogen and oxygen atoms in total. The minimum absolute atomic E-state index is 0.212. The quantitative estimate of drug-likeness (QED) is 0.790. The molecular formula is C9H14F3NO2S2. The van der Waals surface area contributed by atoms with Crippen LogP contribution in [0.25, 0.3) is 0 Å². The summed E-state index contributed by atoms with van der Waals surface area (Å²) < 4.78 is 36.0. The Hall–Kier alpha value is -0.0800. The summed E-state index contributed by atoms with van der Waals surface area (Å²) in [6, 6.07) is 0. The number of hydrogen-bond acceptors (Lipinski definition) is 5. The third-order valence-electron chi connectivity index (χ3n) is 2.47. The molecule has 0 aromatic heterocycles. The fraction of sp³-hybridized carbons (Fsp3) is 0.889. The second kappa shape index (κ2) is 6.19. The third kappa shape index (κ3) is 4.26. The van der Waals surface area contributed by atoms with Gasteiger partial charge in [-0.25, -0.2) is 4.79 Å². The van der Waals surface area contributed by atoms with Crippen molar-refractivity contribution in [2.75, 3.05) is 31.4 Å². The summed E-state index contributed by atoms with van der Waals surface area (Å²) in [5.74, 6) is -1.03. The molecule has 1 heterocycles. The first-order valence-electron chi connectivity index (χ1n) is 4.94. The Labute approximate surface area is 106 Å². The average Bonchev–Trinajstić information content (AvgIpc) is 2.59. The van der Waals surface area contributed by atoms with Gasteiger partial charge in [-0.3, -0.25) is 0 Å². The van der Waals surface area contributed by atoms with E-state index in [-0.39, 0.29) is 11.2 Å². The van der Waals surface area contributed by atoms with E-state index in [9.17, 15) is 18.0 Å². The van der Waals surface area contributed by atoms with Crippen LogP contribution in [0.15, 0.2) is 0 Å². The monoisotopic (exact) mass is 289 g/mol. The number of carbonyl (C=O) groups excluding carboxylic acids is 1. The normalized spacial score (nSPS) is 26.2. The van der Waals surface area contributed by atoms with Gasteiger partial charge in [0.1, 0.15) is 0 Å². The Balaban J connectivity index is 2.50. The van der Waals surface area contributed by atoms with Crippen LogP contribution >= 0.6 is 23.5 Å². The number of alkyl halides is 3. The van der Waals surface area contributed by atoms with Gasteiger partial charge in [-0.15, -0.1) is 5.06 Å². The van der Waals surface area contributed by atoms with Crippen molar-refractivity contribution in [3.8, 4) is 0 Å². The maximum absolute atomic E-state index is 12.0. The molecule has 0 bridgehead atoms. The fourth-order valence-electron chi connectivity index (χ4n) is 1.69. The summed E-state index contributed by atoms with van der Waals surface area (Å²) in [6.07, 6.45) is -1.07. The van der Waals surface area contributed by atoms with Crippen molar-refractivity contribution in [3.05, 3.63) is 0 Å². The van der Waals surface area contributed by atoms with Crippen molar-refractivity contribution in [1.82, 2.24) is 5.06 Å². The Kier molecular flexibility index (Phi) is 5.46. The lowest BCUT2D eigenvalue weighted by Crippen LogP contribution is -2.34. The lowest BCUT2D eigenvalue weighted by molar-refractivity contribution is -0.235. The molecule has 0 radical (unpaired) electrons. The minimum atomic E-state index is -4.92. The number of carbonyl (C=O) groups is 1. The molecule has 0 N–H and O–H groups in total. The lowest BCUT2D eigenvalue weighted by Gasteiger charge is -2.15. The smallest absolute Gasteiger partial charge is 0.361 e. The minimum Gasteiger partial charge on any atom is -0.361 e. The van der Waals surface area contributed by atoms with Crippen LogP contribution < -0.4 is 0 Å². The van der Waals surface area contributed by atoms with Crippen molar-refractivity contribution in [2.45, 2.75) is 11.4 Å². The SMILES string of the molecule is CSCC1CN(OC(=O)C(F)(F)F)CC1SC. The van der Waals surface area contributed by atoms with E-state index in [0.29, 0.717) is 13.1 Å². The van der Waals surface area contributed by atoms with Gasteiger partial charge in [0.25, 0.3) is 0 Å². The van der Waals surface area contributed by atoms with Crippen LogP contribution in [0.4, 0.5) is 13.2 Å². The fourth-order valence-corrected chi connectivity index (χ4v) is 3.46. The number of rotatable bonds is 4. The van der Waals surface area contributed by atoms with Crippen molar-refractivity contribution in [2.24, 2.45) is 5.92 Å². The van der Waals surface area contributed by atoms with E-state index < -0.39 is 12.1 Å². The number of hydrogen-bond donors (Lipinski definition) is 0. The molecule has 2 unspecified atom stereocenters. The molecule has 0 saturated carbocycles. The van der Waals surface area contributed by atoms with Gasteiger partial charge in [0.05, 0.1) is 0 Å². The van der Waals surface area contributed by atoms with Crippen molar-refractivity contribution < 1.29 is 22.8 Å². The van der Waals surface area contributed by atoms with Gasteiger partial charge < -0.3 is 4.84 Å². The van der Waals surface area contributed by atoms with E-state index >= 15 is 0 Å². The van der Waals surface area contributed by atoms with E-state index in [1.807, 2.05) is 12.5 Å². The Morgan fingerprint density at radius 1 is 1.41 bits per heavy atom. The number of halogens is 3. The summed E-state index contributed by atoms with van der Waals surface area (Å²) in [5, 5.41) is 1.33. The first-order valence-corrected chi connectivity index (χ1v) is 7.62. The van der Waals surface area contributed by atoms with Crippen molar-refractivity contribution in [3.63, 3.8) is 0 Å². The van der Waals surface area contributed by atoms with Gasteiger partial charge in [0, 0.05) is 18.3 Å². The molecule has 1 rings (SSSR count). The predicted molar refractivity (Wildman–Crippen MR) is 62.9 cm³/mol. The Bertz CT molecular complexity index is 275. The van der Waals surface area contributed by atoms with Gasteiger partial charge in [-0.1, -0.05) is 0 Å². The van der Waals surface area contributed by atoms with Gasteiger partial charge in [-0.05, 0) is 24.2 Å². The zero-order valence-electron chi connectivity index (χ0n) is 9.49. The largest absolute Gasteiger partial charge is 0.492 e. The summed E-state index contributed by atoms with van der Waals surface area (Å²) in [5.41, 5.74) is 0. The second-order valence-corrected chi connectivity index (χ2v) is 5.70. The van der Waals surface area contributed by atoms with Gasteiger partial charge in [0.2, 0.25) is 0 Å². The summed E-state index contributed by atoms with van der Waals surface area (Å²) in [6.45, 7) is 0.725. The van der Waals surface area contributed by atoms with Crippen LogP contribution in [0, 0.1) is 5.92 Å². The van der Waals surface area contributed by atoms with Crippen LogP contribution in [-0.4, -0.2) is 53.8 Å². The maximum Gasteiger partial charge on any atom is 0.492 e. The summed E-state index contributed by atoms with van der Waals surface area (Å²) in [7, 11) is 0. The Morgan fingerprint density at radius 3 is 2.53 bits per heavy atom. The van der Waals surface area contributed by atoms with Gasteiger partial charge in [0.15, 0.2) is 0 Å². The van der Waals surface area contributed by atoms with Crippen LogP contribution in [0.1, 0.15) is 0 Å². The number of thioether (sulfide) groups is 2. The molecule has 100 valence electrons. The van der Waals surface area contributed by atoms with Crippen LogP contribution in [0.5, 0.6) is 0 Å². The van der Waals surface area contributed by atoms with Crippen LogP contribution in [-0.2, 0) is 9.63 Å². The molecule has 0 spiro atoms. The zero-order valence-corrected chi connectivity index (χ0v) is 11.1. The summed E-state index contributed by atoms with van der Waals surface area (Å²) >= 11 is 3.23. The van der Waals surface area contributed by atoms with Gasteiger partial charge in [-0.2, -0.15) is 36.7 Å². The van der Waals surface area contributed by atoms with Gasteiger partial charge >= 0.3 is 12.1 Å². The first-order chi connectivity index (χ1) is 7.88. The van der Waals surface area contributed by atoms with E-state index in [1.165, 1.54) is 0 Å². The molecule has 0 aromatic rings. The van der Waals surface area contributed by atoms with Crippen molar-refractivity contribution >= 4 is 29.5 Å². The average molecular weight is 289 g/mol. The van der Waals surface area contributed by atoms with Crippen LogP contribution in [0.2, 0.25) is 0 Å². The topological polar surface area (TPSA) is 29.5 Å². The highest BCUT2D eigenvalue weighted by Crippen LogP contribution is 2.29. The van der Waals surface area contributed by atoms with E-state index in [2.05, 4.69) is 4.84 Å². The highest BCUT2D eigenvalue weighted by molar-refractivity contribution is 7.99. The second-order valence-electron chi connectivity index (χ2n) is 3.71. The predicted octanol–water partition coefficient (Wildman–Crippen LogP) is 2.03. The zero-order chi connectivity index (χ0) is 13.1. The van der Waals surface area contributed by atoms with Crippen molar-refractivity contribution in [1.29, 1.82) is 0 Å². The Morgan fingerprint density at radius 2 is 2.06 bits per heavy atom. The van der Waals surface area contributed by atoms with E-state index in [0.717, 1.165) is 10.8 Å². The molecule has 0 amide bonds. The molecule has 17 heavy (non-hydrogen) atoms. The van der Waals surface area contributed by atoms with E-state index in [1.54, 1.807) is 23.5 Å². The molecule has 1 fully saturated rings.